The molecule has 0 heterocycles. The van der Waals surface area contributed by atoms with Gasteiger partial charge in [-0.15, -0.1) is 0 Å². The van der Waals surface area contributed by atoms with E-state index in [0.717, 1.165) is 6.42 Å². The Morgan fingerprint density at radius 3 is 2.08 bits per heavy atom. The van der Waals surface area contributed by atoms with Crippen LogP contribution in [-0.2, 0) is 9.59 Å². The van der Waals surface area contributed by atoms with E-state index in [9.17, 15) is 9.59 Å². The summed E-state index contributed by atoms with van der Waals surface area (Å²) in [6.07, 6.45) is 0.888. The van der Waals surface area contributed by atoms with Crippen molar-refractivity contribution in [1.82, 2.24) is 10.6 Å². The van der Waals surface area contributed by atoms with E-state index in [4.69, 9.17) is 0 Å². The first-order valence-electron chi connectivity index (χ1n) is 9.31. The summed E-state index contributed by atoms with van der Waals surface area (Å²) < 4.78 is 0. The van der Waals surface area contributed by atoms with E-state index in [1.165, 1.54) is 11.1 Å². The van der Waals surface area contributed by atoms with Crippen molar-refractivity contribution in [1.29, 1.82) is 0 Å². The fourth-order valence-electron chi connectivity index (χ4n) is 2.71. The molecule has 0 aliphatic heterocycles. The van der Waals surface area contributed by atoms with Crippen molar-refractivity contribution >= 4 is 11.8 Å². The first-order chi connectivity index (χ1) is 11.8. The van der Waals surface area contributed by atoms with Gasteiger partial charge in [0.2, 0.25) is 5.91 Å². The molecule has 0 aromatic heterocycles. The van der Waals surface area contributed by atoms with Gasteiger partial charge in [-0.1, -0.05) is 58.9 Å². The van der Waals surface area contributed by atoms with Gasteiger partial charge in [0.15, 0.2) is 6.54 Å². The Labute approximate surface area is 152 Å². The molecule has 2 amide bonds. The van der Waals surface area contributed by atoms with Gasteiger partial charge in [-0.3, -0.25) is 9.59 Å². The molecule has 0 saturated carbocycles. The maximum absolute atomic E-state index is 12.0. The fraction of sp³-hybridized carbons (Fsp3) is 0.600. The van der Waals surface area contributed by atoms with E-state index in [1.807, 2.05) is 12.2 Å². The molecule has 4 N–H and O–H groups in total. The second-order valence-electron chi connectivity index (χ2n) is 7.16. The first-order valence-corrected chi connectivity index (χ1v) is 9.31. The number of quaternary nitrogens is 1. The first kappa shape index (κ1) is 21.2. The summed E-state index contributed by atoms with van der Waals surface area (Å²) in [5, 5.41) is 7.48. The smallest absolute Gasteiger partial charge is 0.275 e. The molecule has 0 aliphatic rings. The Morgan fingerprint density at radius 1 is 0.960 bits per heavy atom. The van der Waals surface area contributed by atoms with Gasteiger partial charge in [0, 0.05) is 18.0 Å². The zero-order valence-corrected chi connectivity index (χ0v) is 16.3. The van der Waals surface area contributed by atoms with Crippen LogP contribution >= 0.6 is 0 Å². The quantitative estimate of drug-likeness (QED) is 0.602. The van der Waals surface area contributed by atoms with Gasteiger partial charge < -0.3 is 16.0 Å². The van der Waals surface area contributed by atoms with Crippen LogP contribution in [-0.4, -0.2) is 31.4 Å². The van der Waals surface area contributed by atoms with Gasteiger partial charge >= 0.3 is 0 Å². The molecule has 1 aromatic rings. The summed E-state index contributed by atoms with van der Waals surface area (Å²) in [5.41, 5.74) is 2.55. The molecule has 25 heavy (non-hydrogen) atoms. The fourth-order valence-corrected chi connectivity index (χ4v) is 2.71. The van der Waals surface area contributed by atoms with Crippen LogP contribution in [0.1, 0.15) is 64.1 Å². The lowest BCUT2D eigenvalue weighted by molar-refractivity contribution is -0.692. The molecule has 0 saturated heterocycles. The summed E-state index contributed by atoms with van der Waals surface area (Å²) in [4.78, 5) is 23.5. The number of hydrogen-bond acceptors (Lipinski definition) is 2. The predicted molar refractivity (Wildman–Crippen MR) is 101 cm³/mol. The third kappa shape index (κ3) is 7.69. The lowest BCUT2D eigenvalue weighted by Crippen LogP contribution is -2.88. The topological polar surface area (TPSA) is 74.8 Å². The summed E-state index contributed by atoms with van der Waals surface area (Å²) in [6.45, 7) is 11.7. The van der Waals surface area contributed by atoms with Crippen LogP contribution in [0.4, 0.5) is 0 Å². The van der Waals surface area contributed by atoms with Crippen LogP contribution < -0.4 is 16.0 Å². The van der Waals surface area contributed by atoms with Crippen LogP contribution in [0, 0.1) is 5.92 Å². The van der Waals surface area contributed by atoms with Crippen molar-refractivity contribution in [3.63, 3.8) is 0 Å². The van der Waals surface area contributed by atoms with Gasteiger partial charge in [0.1, 0.15) is 6.04 Å². The maximum Gasteiger partial charge on any atom is 0.275 e. The van der Waals surface area contributed by atoms with Crippen molar-refractivity contribution in [2.75, 3.05) is 19.6 Å². The lowest BCUT2D eigenvalue weighted by Gasteiger charge is -2.20. The van der Waals surface area contributed by atoms with E-state index in [0.29, 0.717) is 24.9 Å². The van der Waals surface area contributed by atoms with Crippen molar-refractivity contribution in [3.8, 4) is 0 Å². The normalized spacial score (nSPS) is 12.3. The highest BCUT2D eigenvalue weighted by Crippen LogP contribution is 2.21. The highest BCUT2D eigenvalue weighted by atomic mass is 16.2. The summed E-state index contributed by atoms with van der Waals surface area (Å²) in [6, 6.07) is 8.88. The van der Waals surface area contributed by atoms with Gasteiger partial charge in [-0.05, 0) is 17.9 Å². The highest BCUT2D eigenvalue weighted by Gasteiger charge is 2.20. The third-order valence-corrected chi connectivity index (χ3v) is 4.28. The molecule has 5 nitrogen and oxygen atoms in total. The number of rotatable bonds is 10. The second kappa shape index (κ2) is 10.9. The van der Waals surface area contributed by atoms with E-state index in [-0.39, 0.29) is 24.4 Å². The molecule has 0 radical (unpaired) electrons. The Hall–Kier alpha value is -1.88. The largest absolute Gasteiger partial charge is 0.355 e. The Bertz CT molecular complexity index is 538. The SMILES string of the molecule is CCCNC(=O)CNC(=O)C[NH2+][C@@H](c1ccc(C(C)C)cc1)C(C)C. The number of amides is 2. The van der Waals surface area contributed by atoms with Crippen LogP contribution in [0.2, 0.25) is 0 Å². The van der Waals surface area contributed by atoms with Crippen LogP contribution in [0.15, 0.2) is 24.3 Å². The van der Waals surface area contributed by atoms with E-state index >= 15 is 0 Å². The van der Waals surface area contributed by atoms with Crippen LogP contribution in [0.5, 0.6) is 0 Å². The zero-order chi connectivity index (χ0) is 18.8. The average molecular weight is 349 g/mol. The minimum Gasteiger partial charge on any atom is -0.355 e. The van der Waals surface area contributed by atoms with Gasteiger partial charge in [-0.2, -0.15) is 0 Å². The Kier molecular flexibility index (Phi) is 9.21. The number of carbonyl (C=O) groups excluding carboxylic acids is 2. The zero-order valence-electron chi connectivity index (χ0n) is 16.3. The van der Waals surface area contributed by atoms with Crippen molar-refractivity contribution in [2.24, 2.45) is 5.92 Å². The predicted octanol–water partition coefficient (Wildman–Crippen LogP) is 1.71. The molecule has 0 bridgehead atoms. The van der Waals surface area contributed by atoms with Crippen molar-refractivity contribution in [2.45, 2.75) is 53.0 Å². The standard InChI is InChI=1S/C20H33N3O2/c1-6-11-21-18(24)12-22-19(25)13-23-20(15(4)5)17-9-7-16(8-10-17)14(2)3/h7-10,14-15,20,23H,6,11-13H2,1-5H3,(H,21,24)(H,22,25)/p+1/t20-/m1/s1. The van der Waals surface area contributed by atoms with Gasteiger partial charge in [-0.25, -0.2) is 0 Å². The molecule has 0 unspecified atom stereocenters. The highest BCUT2D eigenvalue weighted by molar-refractivity contribution is 5.84. The molecular weight excluding hydrogens is 314 g/mol. The number of benzene rings is 1. The number of nitrogens with one attached hydrogen (secondary N) is 2. The van der Waals surface area contributed by atoms with Crippen LogP contribution in [0.25, 0.3) is 0 Å². The van der Waals surface area contributed by atoms with E-state index < -0.39 is 0 Å². The number of hydrogen-bond donors (Lipinski definition) is 3. The van der Waals surface area contributed by atoms with Gasteiger partial charge in [0.25, 0.3) is 5.91 Å². The molecule has 5 heteroatoms. The molecule has 0 aliphatic carbocycles. The minimum atomic E-state index is -0.139. The molecule has 1 rings (SSSR count). The van der Waals surface area contributed by atoms with Crippen LogP contribution in [0.3, 0.4) is 0 Å². The third-order valence-electron chi connectivity index (χ3n) is 4.28. The molecule has 0 fully saturated rings. The maximum atomic E-state index is 12.0. The van der Waals surface area contributed by atoms with Gasteiger partial charge in [0.05, 0.1) is 6.54 Å². The summed E-state index contributed by atoms with van der Waals surface area (Å²) in [7, 11) is 0. The molecule has 1 aromatic carbocycles. The average Bonchev–Trinajstić information content (AvgIpc) is 2.58. The van der Waals surface area contributed by atoms with Crippen molar-refractivity contribution < 1.29 is 14.9 Å². The molecule has 1 atom stereocenters. The molecular formula is C20H34N3O2+. The monoisotopic (exact) mass is 348 g/mol. The Morgan fingerprint density at radius 2 is 1.56 bits per heavy atom. The summed E-state index contributed by atoms with van der Waals surface area (Å²) in [5.74, 6) is 0.668. The van der Waals surface area contributed by atoms with E-state index in [1.54, 1.807) is 0 Å². The molecule has 0 spiro atoms. The lowest BCUT2D eigenvalue weighted by atomic mass is 9.93. The Balaban J connectivity index is 2.52. The minimum absolute atomic E-state index is 0.0438. The number of carbonyl (C=O) groups is 2. The molecule has 140 valence electrons. The summed E-state index contributed by atoms with van der Waals surface area (Å²) >= 11 is 0. The van der Waals surface area contributed by atoms with E-state index in [2.05, 4.69) is 62.6 Å². The second-order valence-corrected chi connectivity index (χ2v) is 7.16. The number of nitrogens with two attached hydrogens (primary N) is 1. The van der Waals surface area contributed by atoms with Crippen molar-refractivity contribution in [3.05, 3.63) is 35.4 Å².